The molecule has 29 heavy (non-hydrogen) atoms. The molecule has 0 bridgehead atoms. The molecule has 0 atom stereocenters. The lowest BCUT2D eigenvalue weighted by molar-refractivity contribution is -0.159. The van der Waals surface area contributed by atoms with Crippen LogP contribution >= 0.6 is 0 Å². The normalized spacial score (nSPS) is 14.3. The summed E-state index contributed by atoms with van der Waals surface area (Å²) in [6, 6.07) is 3.73. The summed E-state index contributed by atoms with van der Waals surface area (Å²) < 4.78 is 56.0. The molecule has 1 aliphatic carbocycles. The summed E-state index contributed by atoms with van der Waals surface area (Å²) in [7, 11) is 0. The van der Waals surface area contributed by atoms with Gasteiger partial charge in [-0.25, -0.2) is 4.39 Å². The van der Waals surface area contributed by atoms with Gasteiger partial charge in [0.25, 0.3) is 10.9 Å². The van der Waals surface area contributed by atoms with E-state index in [0.717, 1.165) is 18.9 Å². The van der Waals surface area contributed by atoms with E-state index in [0.29, 0.717) is 18.0 Å². The largest absolute Gasteiger partial charge is 0.471 e. The van der Waals surface area contributed by atoms with E-state index in [2.05, 4.69) is 25.3 Å². The lowest BCUT2D eigenvalue weighted by atomic mass is 10.1. The van der Waals surface area contributed by atoms with Crippen molar-refractivity contribution in [3.8, 4) is 11.4 Å². The highest BCUT2D eigenvalue weighted by Crippen LogP contribution is 2.31. The Bertz CT molecular complexity index is 1130. The van der Waals surface area contributed by atoms with Gasteiger partial charge in [-0.2, -0.15) is 18.2 Å². The molecular weight excluding hydrogens is 396 g/mol. The smallest absolute Gasteiger partial charge is 0.380 e. The molecule has 1 heterocycles. The van der Waals surface area contributed by atoms with Crippen molar-refractivity contribution in [2.45, 2.75) is 25.6 Å². The molecule has 1 aliphatic rings. The van der Waals surface area contributed by atoms with Gasteiger partial charge >= 0.3 is 12.1 Å². The summed E-state index contributed by atoms with van der Waals surface area (Å²) in [5, 5.41) is 8.91. The van der Waals surface area contributed by atoms with E-state index in [-0.39, 0.29) is 23.5 Å². The number of rotatable bonds is 7. The zero-order chi connectivity index (χ0) is 20.8. The summed E-state index contributed by atoms with van der Waals surface area (Å²) in [6.45, 7) is 0.660. The van der Waals surface area contributed by atoms with E-state index < -0.39 is 34.6 Å². The second-order valence-electron chi connectivity index (χ2n) is 6.82. The third kappa shape index (κ3) is 3.84. The lowest BCUT2D eigenvalue weighted by Crippen LogP contribution is -2.37. The summed E-state index contributed by atoms with van der Waals surface area (Å²) >= 11 is 0. The number of halogens is 4. The SMILES string of the molecule is O=c1c(NCc2ccc(-c3noc(C(F)(F)F)n3)c(F)c2)c(NCC2CC2)c1=O. The van der Waals surface area contributed by atoms with Crippen LogP contribution in [0, 0.1) is 11.7 Å². The minimum atomic E-state index is -4.82. The molecule has 11 heteroatoms. The molecule has 0 saturated heterocycles. The van der Waals surface area contributed by atoms with Gasteiger partial charge in [0.15, 0.2) is 0 Å². The van der Waals surface area contributed by atoms with Crippen LogP contribution in [0.1, 0.15) is 24.3 Å². The number of aromatic nitrogens is 2. The maximum absolute atomic E-state index is 14.3. The average Bonchev–Trinajstić information content (AvgIpc) is 3.35. The van der Waals surface area contributed by atoms with Gasteiger partial charge in [0.05, 0.1) is 5.56 Å². The summed E-state index contributed by atoms with van der Waals surface area (Å²) in [4.78, 5) is 26.6. The third-order valence-electron chi connectivity index (χ3n) is 4.59. The van der Waals surface area contributed by atoms with Gasteiger partial charge in [-0.15, -0.1) is 0 Å². The molecule has 152 valence electrons. The number of nitrogens with zero attached hydrogens (tertiary/aromatic N) is 2. The van der Waals surface area contributed by atoms with Crippen molar-refractivity contribution < 1.29 is 22.1 Å². The monoisotopic (exact) mass is 410 g/mol. The number of alkyl halides is 3. The zero-order valence-electron chi connectivity index (χ0n) is 14.8. The Morgan fingerprint density at radius 2 is 1.79 bits per heavy atom. The average molecular weight is 410 g/mol. The van der Waals surface area contributed by atoms with Crippen LogP contribution in [0.5, 0.6) is 0 Å². The molecule has 1 aromatic heterocycles. The van der Waals surface area contributed by atoms with E-state index >= 15 is 0 Å². The van der Waals surface area contributed by atoms with Gasteiger partial charge in [0.2, 0.25) is 5.82 Å². The first kappa shape index (κ1) is 19.1. The number of anilines is 2. The van der Waals surface area contributed by atoms with Crippen LogP contribution in [0.4, 0.5) is 28.9 Å². The molecule has 2 aromatic carbocycles. The van der Waals surface area contributed by atoms with Gasteiger partial charge < -0.3 is 15.2 Å². The van der Waals surface area contributed by atoms with E-state index in [1.54, 1.807) is 0 Å². The van der Waals surface area contributed by atoms with Crippen LogP contribution in [0.15, 0.2) is 32.3 Å². The third-order valence-corrected chi connectivity index (χ3v) is 4.59. The van der Waals surface area contributed by atoms with Crippen molar-refractivity contribution in [1.29, 1.82) is 0 Å². The second kappa shape index (κ2) is 6.98. The molecule has 0 spiro atoms. The molecule has 0 aliphatic heterocycles. The Balaban J connectivity index is 1.45. The van der Waals surface area contributed by atoms with E-state index in [1.807, 2.05) is 0 Å². The maximum atomic E-state index is 14.3. The Hall–Kier alpha value is -3.24. The van der Waals surface area contributed by atoms with Crippen LogP contribution in [-0.4, -0.2) is 16.7 Å². The lowest BCUT2D eigenvalue weighted by Gasteiger charge is -2.15. The fraction of sp³-hybridized carbons (Fsp3) is 0.333. The van der Waals surface area contributed by atoms with E-state index in [1.165, 1.54) is 12.1 Å². The fourth-order valence-corrected chi connectivity index (χ4v) is 2.79. The van der Waals surface area contributed by atoms with Crippen molar-refractivity contribution in [3.05, 3.63) is 55.9 Å². The Kier molecular flexibility index (Phi) is 4.59. The van der Waals surface area contributed by atoms with Crippen LogP contribution < -0.4 is 21.5 Å². The quantitative estimate of drug-likeness (QED) is 0.457. The van der Waals surface area contributed by atoms with Gasteiger partial charge in [0.1, 0.15) is 17.2 Å². The molecular formula is C18H14F4N4O3. The Morgan fingerprint density at radius 1 is 1.10 bits per heavy atom. The molecule has 7 nitrogen and oxygen atoms in total. The molecule has 0 amide bonds. The standard InChI is InChI=1S/C18H14F4N4O3/c19-11-5-9(3-4-10(11)16-25-17(29-26-16)18(20,21)22)7-24-13-12(14(27)15(13)28)23-6-8-1-2-8/h3-5,8,23-24H,1-2,6-7H2. The summed E-state index contributed by atoms with van der Waals surface area (Å²) in [6.07, 6.45) is -2.65. The van der Waals surface area contributed by atoms with Crippen LogP contribution in [0.25, 0.3) is 11.4 Å². The van der Waals surface area contributed by atoms with Crippen molar-refractivity contribution in [2.75, 3.05) is 17.2 Å². The van der Waals surface area contributed by atoms with Gasteiger partial charge in [-0.05, 0) is 36.5 Å². The van der Waals surface area contributed by atoms with E-state index in [4.69, 9.17) is 0 Å². The highest BCUT2D eigenvalue weighted by Gasteiger charge is 2.38. The number of hydrogen-bond donors (Lipinski definition) is 2. The van der Waals surface area contributed by atoms with Crippen molar-refractivity contribution in [1.82, 2.24) is 10.1 Å². The van der Waals surface area contributed by atoms with Crippen molar-refractivity contribution >= 4 is 11.4 Å². The number of benzene rings is 1. The van der Waals surface area contributed by atoms with E-state index in [9.17, 15) is 27.2 Å². The van der Waals surface area contributed by atoms with Gasteiger partial charge in [-0.3, -0.25) is 9.59 Å². The molecule has 2 N–H and O–H groups in total. The molecule has 0 radical (unpaired) electrons. The van der Waals surface area contributed by atoms with Crippen molar-refractivity contribution in [2.24, 2.45) is 5.92 Å². The predicted octanol–water partition coefficient (Wildman–Crippen LogP) is 2.92. The first-order valence-electron chi connectivity index (χ1n) is 8.75. The number of nitrogens with one attached hydrogen (secondary N) is 2. The molecule has 0 unspecified atom stereocenters. The minimum Gasteiger partial charge on any atom is -0.380 e. The summed E-state index contributed by atoms with van der Waals surface area (Å²) in [5.74, 6) is -2.43. The van der Waals surface area contributed by atoms with Gasteiger partial charge in [-0.1, -0.05) is 11.2 Å². The van der Waals surface area contributed by atoms with Gasteiger partial charge in [0, 0.05) is 13.1 Å². The molecule has 1 fully saturated rings. The first-order valence-corrected chi connectivity index (χ1v) is 8.75. The van der Waals surface area contributed by atoms with Crippen LogP contribution in [0.2, 0.25) is 0 Å². The minimum absolute atomic E-state index is 0.0419. The summed E-state index contributed by atoms with van der Waals surface area (Å²) in [5.41, 5.74) is -0.710. The zero-order valence-corrected chi connectivity index (χ0v) is 14.8. The first-order chi connectivity index (χ1) is 13.7. The number of hydrogen-bond acceptors (Lipinski definition) is 7. The molecule has 4 rings (SSSR count). The van der Waals surface area contributed by atoms with Crippen LogP contribution in [0.3, 0.4) is 0 Å². The highest BCUT2D eigenvalue weighted by atomic mass is 19.4. The predicted molar refractivity (Wildman–Crippen MR) is 94.6 cm³/mol. The Labute approximate surface area is 160 Å². The fourth-order valence-electron chi connectivity index (χ4n) is 2.79. The second-order valence-corrected chi connectivity index (χ2v) is 6.82. The maximum Gasteiger partial charge on any atom is 0.471 e. The van der Waals surface area contributed by atoms with Crippen molar-refractivity contribution in [3.63, 3.8) is 0 Å². The Morgan fingerprint density at radius 3 is 2.38 bits per heavy atom. The topological polar surface area (TPSA) is 97.1 Å². The molecule has 3 aromatic rings. The highest BCUT2D eigenvalue weighted by molar-refractivity contribution is 5.74. The van der Waals surface area contributed by atoms with Crippen LogP contribution in [-0.2, 0) is 12.7 Å². The molecule has 1 saturated carbocycles.